The van der Waals surface area contributed by atoms with Crippen LogP contribution in [0.15, 0.2) is 61.3 Å². The van der Waals surface area contributed by atoms with Crippen LogP contribution in [-0.4, -0.2) is 46.9 Å². The van der Waals surface area contributed by atoms with Gasteiger partial charge in [-0.05, 0) is 42.0 Å². The molecule has 0 radical (unpaired) electrons. The highest BCUT2D eigenvalue weighted by Crippen LogP contribution is 2.39. The van der Waals surface area contributed by atoms with E-state index in [4.69, 9.17) is 14.2 Å². The number of nitrogens with one attached hydrogen (secondary N) is 1. The number of hydrogen-bond acceptors (Lipinski definition) is 6. The number of methoxy groups -OCH3 is 3. The number of aromatic amines is 1. The molecule has 4 aromatic rings. The molecule has 4 rings (SSSR count). The molecule has 0 aliphatic rings. The lowest BCUT2D eigenvalue weighted by Crippen LogP contribution is -2.09. The lowest BCUT2D eigenvalue weighted by molar-refractivity contribution is 0.103. The zero-order valence-corrected chi connectivity index (χ0v) is 16.7. The fourth-order valence-corrected chi connectivity index (χ4v) is 3.30. The Morgan fingerprint density at radius 2 is 1.77 bits per heavy atom. The van der Waals surface area contributed by atoms with Gasteiger partial charge in [-0.15, -0.1) is 0 Å². The fraction of sp³-hybridized carbons (Fsp3) is 0.136. The average Bonchev–Trinajstić information content (AvgIpc) is 3.51. The summed E-state index contributed by atoms with van der Waals surface area (Å²) in [7, 11) is 4.54. The third kappa shape index (κ3) is 3.39. The van der Waals surface area contributed by atoms with Crippen molar-refractivity contribution in [3.63, 3.8) is 0 Å². The van der Waals surface area contributed by atoms with Gasteiger partial charge in [0.05, 0.1) is 27.0 Å². The molecule has 2 aromatic heterocycles. The Balaban J connectivity index is 1.88. The van der Waals surface area contributed by atoms with Gasteiger partial charge in [0.15, 0.2) is 17.3 Å². The number of ketones is 1. The van der Waals surface area contributed by atoms with Gasteiger partial charge in [-0.25, -0.2) is 9.67 Å². The Hall–Kier alpha value is -4.07. The number of H-pyrrole nitrogens is 1. The second kappa shape index (κ2) is 8.12. The van der Waals surface area contributed by atoms with Crippen molar-refractivity contribution in [3.8, 4) is 34.2 Å². The van der Waals surface area contributed by atoms with E-state index in [1.165, 1.54) is 27.7 Å². The minimum absolute atomic E-state index is 0.215. The molecular weight excluding hydrogens is 384 g/mol. The van der Waals surface area contributed by atoms with Crippen LogP contribution < -0.4 is 14.2 Å². The van der Waals surface area contributed by atoms with E-state index in [0.29, 0.717) is 34.1 Å². The molecule has 0 saturated heterocycles. The molecule has 0 aliphatic heterocycles. The number of rotatable bonds is 7. The van der Waals surface area contributed by atoms with Gasteiger partial charge >= 0.3 is 0 Å². The van der Waals surface area contributed by atoms with Crippen LogP contribution in [0.4, 0.5) is 0 Å². The summed E-state index contributed by atoms with van der Waals surface area (Å²) in [5.41, 5.74) is 3.25. The van der Waals surface area contributed by atoms with Crippen LogP contribution in [-0.2, 0) is 0 Å². The number of hydrogen-bond donors (Lipinski definition) is 1. The molecule has 0 spiro atoms. The van der Waals surface area contributed by atoms with Crippen molar-refractivity contribution in [3.05, 3.63) is 72.4 Å². The smallest absolute Gasteiger partial charge is 0.203 e. The van der Waals surface area contributed by atoms with Crippen molar-refractivity contribution >= 4 is 5.78 Å². The Morgan fingerprint density at radius 3 is 2.33 bits per heavy atom. The van der Waals surface area contributed by atoms with E-state index in [1.54, 1.807) is 23.1 Å². The van der Waals surface area contributed by atoms with Crippen LogP contribution in [0.1, 0.15) is 15.9 Å². The monoisotopic (exact) mass is 404 g/mol. The number of carbonyl (C=O) groups excluding carboxylic acids is 1. The molecular formula is C22H20N4O4. The van der Waals surface area contributed by atoms with Crippen molar-refractivity contribution in [1.82, 2.24) is 19.7 Å². The van der Waals surface area contributed by atoms with Gasteiger partial charge in [-0.1, -0.05) is 6.07 Å². The van der Waals surface area contributed by atoms with Crippen LogP contribution in [0, 0.1) is 0 Å². The van der Waals surface area contributed by atoms with Crippen LogP contribution in [0.5, 0.6) is 17.2 Å². The molecule has 8 nitrogen and oxygen atoms in total. The molecule has 8 heteroatoms. The number of ether oxygens (including phenoxy) is 3. The first kappa shape index (κ1) is 19.3. The summed E-state index contributed by atoms with van der Waals surface area (Å²) in [5.74, 6) is 1.02. The van der Waals surface area contributed by atoms with Crippen molar-refractivity contribution < 1.29 is 19.0 Å². The van der Waals surface area contributed by atoms with E-state index < -0.39 is 0 Å². The molecule has 0 atom stereocenters. The normalized spacial score (nSPS) is 10.6. The van der Waals surface area contributed by atoms with E-state index in [0.717, 1.165) is 11.3 Å². The van der Waals surface area contributed by atoms with Gasteiger partial charge in [0.2, 0.25) is 5.75 Å². The number of nitrogens with zero attached hydrogens (tertiary/aromatic N) is 3. The molecule has 0 amide bonds. The van der Waals surface area contributed by atoms with E-state index in [1.807, 2.05) is 36.5 Å². The third-order valence-corrected chi connectivity index (χ3v) is 4.74. The average molecular weight is 404 g/mol. The lowest BCUT2D eigenvalue weighted by atomic mass is 9.97. The highest BCUT2D eigenvalue weighted by atomic mass is 16.5. The second-order valence-corrected chi connectivity index (χ2v) is 6.40. The van der Waals surface area contributed by atoms with Crippen molar-refractivity contribution in [2.75, 3.05) is 21.3 Å². The van der Waals surface area contributed by atoms with Gasteiger partial charge in [0.25, 0.3) is 0 Å². The summed E-state index contributed by atoms with van der Waals surface area (Å²) in [6, 6.07) is 12.7. The van der Waals surface area contributed by atoms with Crippen LogP contribution in [0.2, 0.25) is 0 Å². The van der Waals surface area contributed by atoms with Crippen LogP contribution >= 0.6 is 0 Å². The maximum atomic E-state index is 13.6. The van der Waals surface area contributed by atoms with Gasteiger partial charge in [-0.2, -0.15) is 5.10 Å². The molecule has 2 aromatic carbocycles. The fourth-order valence-electron chi connectivity index (χ4n) is 3.30. The van der Waals surface area contributed by atoms with Gasteiger partial charge < -0.3 is 19.2 Å². The highest BCUT2D eigenvalue weighted by molar-refractivity contribution is 6.12. The first-order valence-corrected chi connectivity index (χ1v) is 9.13. The summed E-state index contributed by atoms with van der Waals surface area (Å²) in [6.45, 7) is 0. The first-order valence-electron chi connectivity index (χ1n) is 9.13. The summed E-state index contributed by atoms with van der Waals surface area (Å²) in [6.07, 6.45) is 4.81. The number of aromatic nitrogens is 4. The molecule has 2 heterocycles. The minimum atomic E-state index is -0.215. The van der Waals surface area contributed by atoms with Gasteiger partial charge in [0.1, 0.15) is 12.7 Å². The Kier molecular flexibility index (Phi) is 5.21. The zero-order chi connectivity index (χ0) is 21.1. The largest absolute Gasteiger partial charge is 0.493 e. The maximum absolute atomic E-state index is 13.6. The topological polar surface area (TPSA) is 91.3 Å². The van der Waals surface area contributed by atoms with Crippen molar-refractivity contribution in [2.45, 2.75) is 0 Å². The van der Waals surface area contributed by atoms with E-state index in [-0.39, 0.29) is 5.78 Å². The van der Waals surface area contributed by atoms with E-state index >= 15 is 0 Å². The highest BCUT2D eigenvalue weighted by Gasteiger charge is 2.21. The van der Waals surface area contributed by atoms with Gasteiger partial charge in [-0.3, -0.25) is 4.79 Å². The molecule has 0 fully saturated rings. The summed E-state index contributed by atoms with van der Waals surface area (Å²) >= 11 is 0. The predicted molar refractivity (Wildman–Crippen MR) is 111 cm³/mol. The molecule has 0 unspecified atom stereocenters. The lowest BCUT2D eigenvalue weighted by Gasteiger charge is -2.15. The standard InChI is InChI=1S/C22H20N4O4/c1-28-19-10-15(11-20(29-2)22(19)30-3)21(27)16-9-14(17-5-4-8-24-17)6-7-18(16)26-13-23-12-25-26/h4-13,24H,1-3H3. The van der Waals surface area contributed by atoms with Crippen molar-refractivity contribution in [1.29, 1.82) is 0 Å². The van der Waals surface area contributed by atoms with Crippen LogP contribution in [0.25, 0.3) is 16.9 Å². The number of benzene rings is 2. The van der Waals surface area contributed by atoms with E-state index in [9.17, 15) is 4.79 Å². The quantitative estimate of drug-likeness (QED) is 0.474. The molecule has 1 N–H and O–H groups in total. The second-order valence-electron chi connectivity index (χ2n) is 6.40. The molecule has 152 valence electrons. The zero-order valence-electron chi connectivity index (χ0n) is 16.7. The summed E-state index contributed by atoms with van der Waals surface area (Å²) in [5, 5.41) is 4.19. The third-order valence-electron chi connectivity index (χ3n) is 4.74. The summed E-state index contributed by atoms with van der Waals surface area (Å²) in [4.78, 5) is 20.8. The Morgan fingerprint density at radius 1 is 1.00 bits per heavy atom. The molecule has 0 saturated carbocycles. The molecule has 0 bridgehead atoms. The minimum Gasteiger partial charge on any atom is -0.493 e. The Labute approximate surface area is 173 Å². The van der Waals surface area contributed by atoms with Crippen LogP contribution in [0.3, 0.4) is 0 Å². The predicted octanol–water partition coefficient (Wildman–Crippen LogP) is 3.52. The van der Waals surface area contributed by atoms with Crippen molar-refractivity contribution in [2.24, 2.45) is 0 Å². The van der Waals surface area contributed by atoms with Gasteiger partial charge in [0, 0.05) is 23.0 Å². The molecule has 0 aliphatic carbocycles. The first-order chi connectivity index (χ1) is 14.7. The number of carbonyl (C=O) groups is 1. The summed E-state index contributed by atoms with van der Waals surface area (Å²) < 4.78 is 17.7. The SMILES string of the molecule is COc1cc(C(=O)c2cc(-c3ccc[nH]3)ccc2-n2cncn2)cc(OC)c1OC. The maximum Gasteiger partial charge on any atom is 0.203 e. The van der Waals surface area contributed by atoms with E-state index in [2.05, 4.69) is 15.1 Å². The Bertz CT molecular complexity index is 1140. The molecule has 30 heavy (non-hydrogen) atoms.